The van der Waals surface area contributed by atoms with Gasteiger partial charge in [-0.3, -0.25) is 4.79 Å². The summed E-state index contributed by atoms with van der Waals surface area (Å²) >= 11 is 5.76. The molecule has 0 aromatic heterocycles. The van der Waals surface area contributed by atoms with Gasteiger partial charge in [0.2, 0.25) is 0 Å². The van der Waals surface area contributed by atoms with E-state index in [0.29, 0.717) is 12.0 Å². The summed E-state index contributed by atoms with van der Waals surface area (Å²) in [6.45, 7) is 0.964. The maximum Gasteiger partial charge on any atom is 0.255 e. The van der Waals surface area contributed by atoms with Crippen molar-refractivity contribution < 1.29 is 4.79 Å². The van der Waals surface area contributed by atoms with Crippen LogP contribution in [0.1, 0.15) is 55.3 Å². The van der Waals surface area contributed by atoms with Crippen LogP contribution < -0.4 is 0 Å². The van der Waals surface area contributed by atoms with Gasteiger partial charge in [-0.1, -0.05) is 35.2 Å². The molecule has 2 saturated carbocycles. The number of halogens is 2. The first-order valence-electron chi connectivity index (χ1n) is 7.91. The number of rotatable bonds is 4. The number of hydrogen-bond acceptors (Lipinski definition) is 1. The normalized spacial score (nSPS) is 19.5. The maximum absolute atomic E-state index is 13.0. The molecule has 0 atom stereocenters. The second-order valence-corrected chi connectivity index (χ2v) is 8.39. The molecule has 2 aliphatic carbocycles. The van der Waals surface area contributed by atoms with Gasteiger partial charge in [-0.15, -0.1) is 0 Å². The third-order valence-electron chi connectivity index (χ3n) is 4.59. The fraction of sp³-hybridized carbons (Fsp3) is 0.588. The molecular weight excluding hydrogens is 441 g/mol. The summed E-state index contributed by atoms with van der Waals surface area (Å²) in [4.78, 5) is 15.1. The fourth-order valence-electron chi connectivity index (χ4n) is 3.25. The fourth-order valence-corrected chi connectivity index (χ4v) is 4.18. The first-order chi connectivity index (χ1) is 10.1. The quantitative estimate of drug-likeness (QED) is 0.561. The third kappa shape index (κ3) is 4.01. The molecule has 0 bridgehead atoms. The highest BCUT2D eigenvalue weighted by molar-refractivity contribution is 14.1. The van der Waals surface area contributed by atoms with Crippen molar-refractivity contribution in [2.75, 3.05) is 6.54 Å². The van der Waals surface area contributed by atoms with Crippen molar-refractivity contribution in [2.45, 2.75) is 51.0 Å². The predicted octanol–water partition coefficient (Wildman–Crippen LogP) is 5.24. The molecule has 114 valence electrons. The number of amides is 1. The van der Waals surface area contributed by atoms with Gasteiger partial charge in [0.05, 0.1) is 5.56 Å². The van der Waals surface area contributed by atoms with Crippen molar-refractivity contribution in [3.05, 3.63) is 31.8 Å². The molecule has 0 radical (unpaired) electrons. The molecule has 0 saturated heterocycles. The molecule has 0 spiro atoms. The number of carbonyl (C=O) groups is 1. The van der Waals surface area contributed by atoms with Crippen molar-refractivity contribution >= 4 is 44.4 Å². The number of carbonyl (C=O) groups excluding carboxylic acids is 1. The molecule has 0 unspecified atom stereocenters. The lowest BCUT2D eigenvalue weighted by atomic mass is 9.89. The molecule has 0 aliphatic heterocycles. The topological polar surface area (TPSA) is 20.3 Å². The Morgan fingerprint density at radius 1 is 1.19 bits per heavy atom. The van der Waals surface area contributed by atoms with E-state index in [1.807, 2.05) is 18.2 Å². The predicted molar refractivity (Wildman–Crippen MR) is 97.5 cm³/mol. The zero-order valence-corrected chi connectivity index (χ0v) is 15.9. The van der Waals surface area contributed by atoms with Gasteiger partial charge in [0, 0.05) is 20.6 Å². The molecule has 2 aliphatic rings. The highest BCUT2D eigenvalue weighted by Gasteiger charge is 2.35. The van der Waals surface area contributed by atoms with Crippen LogP contribution in [-0.2, 0) is 0 Å². The lowest BCUT2D eigenvalue weighted by molar-refractivity contribution is 0.0697. The van der Waals surface area contributed by atoms with Gasteiger partial charge in [-0.25, -0.2) is 0 Å². The Bertz CT molecular complexity index is 524. The maximum atomic E-state index is 13.0. The van der Waals surface area contributed by atoms with E-state index >= 15 is 0 Å². The smallest absolute Gasteiger partial charge is 0.255 e. The first-order valence-corrected chi connectivity index (χ1v) is 9.78. The largest absolute Gasteiger partial charge is 0.335 e. The summed E-state index contributed by atoms with van der Waals surface area (Å²) < 4.78 is 2.04. The molecule has 21 heavy (non-hydrogen) atoms. The summed E-state index contributed by atoms with van der Waals surface area (Å²) in [6.07, 6.45) is 9.01. The molecule has 1 aromatic rings. The molecule has 1 amide bonds. The Hall–Kier alpha value is -0.100. The molecule has 0 heterocycles. The van der Waals surface area contributed by atoms with E-state index in [0.717, 1.165) is 20.2 Å². The van der Waals surface area contributed by atoms with Gasteiger partial charge in [-0.05, 0) is 72.4 Å². The van der Waals surface area contributed by atoms with Crippen LogP contribution in [0.15, 0.2) is 22.7 Å². The minimum Gasteiger partial charge on any atom is -0.335 e. The Morgan fingerprint density at radius 2 is 1.90 bits per heavy atom. The summed E-state index contributed by atoms with van der Waals surface area (Å²) in [5, 5.41) is 0. The highest BCUT2D eigenvalue weighted by atomic mass is 127. The van der Waals surface area contributed by atoms with Gasteiger partial charge in [0.15, 0.2) is 0 Å². The molecule has 3 rings (SSSR count). The summed E-state index contributed by atoms with van der Waals surface area (Å²) in [7, 11) is 0. The lowest BCUT2D eigenvalue weighted by Gasteiger charge is -2.30. The standard InChI is InChI=1S/C17H21BrINO/c18-13-6-9-16(19)15(10-13)17(21)20(14-7-8-14)11-12-4-2-1-3-5-12/h6,9-10,12,14H,1-5,7-8,11H2. The van der Waals surface area contributed by atoms with E-state index in [2.05, 4.69) is 43.4 Å². The van der Waals surface area contributed by atoms with Crippen molar-refractivity contribution in [1.82, 2.24) is 4.90 Å². The second kappa shape index (κ2) is 6.99. The number of nitrogens with zero attached hydrogens (tertiary/aromatic N) is 1. The Morgan fingerprint density at radius 3 is 2.57 bits per heavy atom. The van der Waals surface area contributed by atoms with E-state index < -0.39 is 0 Å². The second-order valence-electron chi connectivity index (χ2n) is 6.32. The monoisotopic (exact) mass is 461 g/mol. The first kappa shape index (κ1) is 15.8. The van der Waals surface area contributed by atoms with Crippen LogP contribution >= 0.6 is 38.5 Å². The highest BCUT2D eigenvalue weighted by Crippen LogP contribution is 2.33. The van der Waals surface area contributed by atoms with Crippen LogP contribution in [0.4, 0.5) is 0 Å². The lowest BCUT2D eigenvalue weighted by Crippen LogP contribution is -2.38. The Labute approximate surface area is 148 Å². The van der Waals surface area contributed by atoms with Crippen molar-refractivity contribution in [3.8, 4) is 0 Å². The van der Waals surface area contributed by atoms with Crippen molar-refractivity contribution in [3.63, 3.8) is 0 Å². The molecule has 4 heteroatoms. The Balaban J connectivity index is 1.76. The summed E-state index contributed by atoms with van der Waals surface area (Å²) in [5.41, 5.74) is 0.854. The van der Waals surface area contributed by atoms with E-state index in [4.69, 9.17) is 0 Å². The van der Waals surface area contributed by atoms with Crippen LogP contribution in [-0.4, -0.2) is 23.4 Å². The SMILES string of the molecule is O=C(c1cc(Br)ccc1I)N(CC1CCCCC1)C1CC1. The van der Waals surface area contributed by atoms with Crippen LogP contribution in [0, 0.1) is 9.49 Å². The van der Waals surface area contributed by atoms with Crippen molar-refractivity contribution in [1.29, 1.82) is 0 Å². The summed E-state index contributed by atoms with van der Waals surface area (Å²) in [6, 6.07) is 6.49. The van der Waals surface area contributed by atoms with Crippen molar-refractivity contribution in [2.24, 2.45) is 5.92 Å². The average Bonchev–Trinajstić information content (AvgIpc) is 3.32. The van der Waals surface area contributed by atoms with Gasteiger partial charge in [0.1, 0.15) is 0 Å². The van der Waals surface area contributed by atoms with E-state index in [9.17, 15) is 4.79 Å². The minimum atomic E-state index is 0.230. The Kier molecular flexibility index (Phi) is 5.25. The summed E-state index contributed by atoms with van der Waals surface area (Å²) in [5.74, 6) is 0.946. The van der Waals surface area contributed by atoms with E-state index in [-0.39, 0.29) is 5.91 Å². The zero-order chi connectivity index (χ0) is 14.8. The van der Waals surface area contributed by atoms with Gasteiger partial charge < -0.3 is 4.90 Å². The molecule has 1 aromatic carbocycles. The average molecular weight is 462 g/mol. The van der Waals surface area contributed by atoms with Gasteiger partial charge in [-0.2, -0.15) is 0 Å². The van der Waals surface area contributed by atoms with Gasteiger partial charge in [0.25, 0.3) is 5.91 Å². The minimum absolute atomic E-state index is 0.230. The van der Waals surface area contributed by atoms with Crippen LogP contribution in [0.2, 0.25) is 0 Å². The van der Waals surface area contributed by atoms with Crippen LogP contribution in [0.3, 0.4) is 0 Å². The number of benzene rings is 1. The molecule has 0 N–H and O–H groups in total. The van der Waals surface area contributed by atoms with Crippen LogP contribution in [0.5, 0.6) is 0 Å². The van der Waals surface area contributed by atoms with Gasteiger partial charge >= 0.3 is 0 Å². The molecule has 2 nitrogen and oxygen atoms in total. The van der Waals surface area contributed by atoms with E-state index in [1.54, 1.807) is 0 Å². The molecule has 2 fully saturated rings. The number of hydrogen-bond donors (Lipinski definition) is 0. The third-order valence-corrected chi connectivity index (χ3v) is 6.02. The molecular formula is C17H21BrINO. The zero-order valence-electron chi connectivity index (χ0n) is 12.2. The van der Waals surface area contributed by atoms with Crippen LogP contribution in [0.25, 0.3) is 0 Å². The van der Waals surface area contributed by atoms with E-state index in [1.165, 1.54) is 44.9 Å².